The number of benzene rings is 1. The van der Waals surface area contributed by atoms with Crippen molar-refractivity contribution < 1.29 is 23.5 Å². The van der Waals surface area contributed by atoms with E-state index in [1.54, 1.807) is 26.8 Å². The lowest BCUT2D eigenvalue weighted by Gasteiger charge is -2.43. The third-order valence-electron chi connectivity index (χ3n) is 4.28. The Morgan fingerprint density at radius 3 is 2.38 bits per heavy atom. The van der Waals surface area contributed by atoms with Gasteiger partial charge in [-0.05, 0) is 64.3 Å². The Bertz CT molecular complexity index is 702. The molecule has 1 heterocycles. The van der Waals surface area contributed by atoms with Gasteiger partial charge < -0.3 is 14.4 Å². The molecule has 0 bridgehead atoms. The Balaban J connectivity index is 1.98. The highest BCUT2D eigenvalue weighted by molar-refractivity contribution is 5.96. The van der Waals surface area contributed by atoms with Gasteiger partial charge in [-0.1, -0.05) is 6.92 Å². The van der Waals surface area contributed by atoms with Crippen molar-refractivity contribution in [2.45, 2.75) is 59.2 Å². The van der Waals surface area contributed by atoms with E-state index in [9.17, 15) is 14.0 Å². The number of likely N-dealkylation sites (tertiary alicyclic amines) is 1. The molecule has 0 spiro atoms. The van der Waals surface area contributed by atoms with Crippen molar-refractivity contribution in [3.8, 4) is 5.75 Å². The van der Waals surface area contributed by atoms with Crippen molar-refractivity contribution >= 4 is 11.9 Å². The summed E-state index contributed by atoms with van der Waals surface area (Å²) in [6.45, 7) is 10.4. The molecule has 1 amide bonds. The van der Waals surface area contributed by atoms with Crippen LogP contribution in [0.25, 0.3) is 0 Å². The van der Waals surface area contributed by atoms with E-state index in [4.69, 9.17) is 9.47 Å². The minimum Gasteiger partial charge on any atom is -0.490 e. The van der Waals surface area contributed by atoms with Gasteiger partial charge in [0, 0.05) is 5.56 Å². The van der Waals surface area contributed by atoms with Gasteiger partial charge in [0.1, 0.15) is 18.0 Å². The number of aryl methyl sites for hydroxylation is 1. The molecule has 1 fully saturated rings. The first-order valence-corrected chi connectivity index (χ1v) is 8.88. The summed E-state index contributed by atoms with van der Waals surface area (Å²) in [7, 11) is 0. The van der Waals surface area contributed by atoms with Gasteiger partial charge in [0.15, 0.2) is 11.5 Å². The van der Waals surface area contributed by atoms with E-state index in [0.717, 1.165) is 17.5 Å². The van der Waals surface area contributed by atoms with E-state index in [1.165, 1.54) is 11.8 Å². The van der Waals surface area contributed by atoms with E-state index in [0.29, 0.717) is 11.3 Å². The van der Waals surface area contributed by atoms with E-state index < -0.39 is 17.4 Å². The second-order valence-corrected chi connectivity index (χ2v) is 7.95. The summed E-state index contributed by atoms with van der Waals surface area (Å²) in [4.78, 5) is 25.1. The number of ether oxygens (including phenoxy) is 2. The SMILES string of the molecule is CCc1c(C)cc(OCC2(F)CN(C(=O)OC(C)(C)C)C2)cc1C(C)=O. The molecule has 2 rings (SSSR count). The molecule has 5 nitrogen and oxygen atoms in total. The topological polar surface area (TPSA) is 55.8 Å². The van der Waals surface area contributed by atoms with Crippen molar-refractivity contribution in [2.75, 3.05) is 19.7 Å². The molecule has 144 valence electrons. The maximum absolute atomic E-state index is 14.7. The highest BCUT2D eigenvalue weighted by atomic mass is 19.1. The van der Waals surface area contributed by atoms with Crippen LogP contribution in [0.2, 0.25) is 0 Å². The summed E-state index contributed by atoms with van der Waals surface area (Å²) in [6.07, 6.45) is 0.228. The average Bonchev–Trinajstić information content (AvgIpc) is 2.47. The van der Waals surface area contributed by atoms with Crippen LogP contribution in [0.15, 0.2) is 12.1 Å². The van der Waals surface area contributed by atoms with Crippen molar-refractivity contribution in [1.29, 1.82) is 0 Å². The predicted molar refractivity (Wildman–Crippen MR) is 97.7 cm³/mol. The van der Waals surface area contributed by atoms with Crippen LogP contribution in [0.1, 0.15) is 56.1 Å². The molecule has 6 heteroatoms. The second-order valence-electron chi connectivity index (χ2n) is 7.95. The zero-order valence-electron chi connectivity index (χ0n) is 16.4. The van der Waals surface area contributed by atoms with Crippen LogP contribution in [0.4, 0.5) is 9.18 Å². The largest absolute Gasteiger partial charge is 0.490 e. The molecule has 1 aromatic carbocycles. The smallest absolute Gasteiger partial charge is 0.410 e. The number of amides is 1. The first-order chi connectivity index (χ1) is 11.9. The number of rotatable bonds is 5. The number of hydrogen-bond acceptors (Lipinski definition) is 4. The number of ketones is 1. The molecule has 0 atom stereocenters. The van der Waals surface area contributed by atoms with Crippen LogP contribution >= 0.6 is 0 Å². The number of nitrogens with zero attached hydrogens (tertiary/aromatic N) is 1. The first-order valence-electron chi connectivity index (χ1n) is 8.88. The van der Waals surface area contributed by atoms with Crippen LogP contribution in [0.5, 0.6) is 5.75 Å². The summed E-state index contributed by atoms with van der Waals surface area (Å²) >= 11 is 0. The Labute approximate surface area is 154 Å². The third-order valence-corrected chi connectivity index (χ3v) is 4.28. The molecule has 1 aromatic rings. The molecule has 0 N–H and O–H groups in total. The predicted octanol–water partition coefficient (Wildman–Crippen LogP) is 4.10. The molecule has 0 radical (unpaired) electrons. The Kier molecular flexibility index (Phi) is 5.64. The average molecular weight is 365 g/mol. The van der Waals surface area contributed by atoms with Gasteiger partial charge in [0.05, 0.1) is 13.1 Å². The molecule has 0 aliphatic carbocycles. The molecule has 26 heavy (non-hydrogen) atoms. The van der Waals surface area contributed by atoms with Crippen LogP contribution in [-0.4, -0.2) is 47.7 Å². The molecule has 1 saturated heterocycles. The fourth-order valence-electron chi connectivity index (χ4n) is 3.05. The zero-order chi connectivity index (χ0) is 19.7. The second kappa shape index (κ2) is 7.25. The Morgan fingerprint density at radius 1 is 1.27 bits per heavy atom. The van der Waals surface area contributed by atoms with Crippen LogP contribution in [0.3, 0.4) is 0 Å². The number of Topliss-reactive ketones (excluding diaryl/α,β-unsaturated/α-hetero) is 1. The van der Waals surface area contributed by atoms with E-state index in [2.05, 4.69) is 0 Å². The van der Waals surface area contributed by atoms with Crippen molar-refractivity contribution in [1.82, 2.24) is 4.90 Å². The standard InChI is InChI=1S/C20H28FNO4/c1-7-16-13(2)8-15(9-17(16)14(3)23)25-12-20(21)10-22(11-20)18(24)26-19(4,5)6/h8-9H,7,10-12H2,1-6H3. The maximum atomic E-state index is 14.7. The highest BCUT2D eigenvalue weighted by Gasteiger charge is 2.48. The van der Waals surface area contributed by atoms with Gasteiger partial charge in [0.2, 0.25) is 0 Å². The van der Waals surface area contributed by atoms with Gasteiger partial charge in [-0.25, -0.2) is 9.18 Å². The number of carbonyl (C=O) groups is 2. The normalized spacial score (nSPS) is 16.0. The van der Waals surface area contributed by atoms with Gasteiger partial charge in [-0.15, -0.1) is 0 Å². The quantitative estimate of drug-likeness (QED) is 0.737. The molecule has 1 aliphatic heterocycles. The number of hydrogen-bond donors (Lipinski definition) is 0. The zero-order valence-corrected chi connectivity index (χ0v) is 16.4. The van der Waals surface area contributed by atoms with Crippen molar-refractivity contribution in [3.63, 3.8) is 0 Å². The van der Waals surface area contributed by atoms with Crippen molar-refractivity contribution in [3.05, 3.63) is 28.8 Å². The minimum atomic E-state index is -1.61. The van der Waals surface area contributed by atoms with E-state index in [-0.39, 0.29) is 25.5 Å². The Hall–Kier alpha value is -2.11. The van der Waals surface area contributed by atoms with Gasteiger partial charge in [-0.2, -0.15) is 0 Å². The first kappa shape index (κ1) is 20.2. The van der Waals surface area contributed by atoms with E-state index >= 15 is 0 Å². The van der Waals surface area contributed by atoms with E-state index in [1.807, 2.05) is 19.9 Å². The molecule has 0 unspecified atom stereocenters. The molecular formula is C20H28FNO4. The maximum Gasteiger partial charge on any atom is 0.410 e. The fraction of sp³-hybridized carbons (Fsp3) is 0.600. The van der Waals surface area contributed by atoms with Crippen LogP contribution in [0, 0.1) is 6.92 Å². The lowest BCUT2D eigenvalue weighted by Crippen LogP contribution is -2.64. The summed E-state index contributed by atoms with van der Waals surface area (Å²) in [6, 6.07) is 3.49. The summed E-state index contributed by atoms with van der Waals surface area (Å²) in [5, 5.41) is 0. The summed E-state index contributed by atoms with van der Waals surface area (Å²) in [5.41, 5.74) is 0.333. The molecule has 0 saturated carbocycles. The number of alkyl halides is 1. The van der Waals surface area contributed by atoms with Gasteiger partial charge in [-0.3, -0.25) is 4.79 Å². The lowest BCUT2D eigenvalue weighted by molar-refractivity contribution is -0.0685. The van der Waals surface area contributed by atoms with Gasteiger partial charge in [0.25, 0.3) is 0 Å². The monoisotopic (exact) mass is 365 g/mol. The molecular weight excluding hydrogens is 337 g/mol. The molecule has 0 aromatic heterocycles. The summed E-state index contributed by atoms with van der Waals surface area (Å²) < 4.78 is 25.5. The number of halogens is 1. The van der Waals surface area contributed by atoms with Gasteiger partial charge >= 0.3 is 6.09 Å². The van der Waals surface area contributed by atoms with Crippen LogP contribution in [-0.2, 0) is 11.2 Å². The Morgan fingerprint density at radius 2 is 1.88 bits per heavy atom. The number of carbonyl (C=O) groups excluding carboxylic acids is 2. The van der Waals surface area contributed by atoms with Crippen LogP contribution < -0.4 is 4.74 Å². The third kappa shape index (κ3) is 4.74. The fourth-order valence-corrected chi connectivity index (χ4v) is 3.05. The lowest BCUT2D eigenvalue weighted by atomic mass is 9.96. The highest BCUT2D eigenvalue weighted by Crippen LogP contribution is 2.30. The summed E-state index contributed by atoms with van der Waals surface area (Å²) in [5.74, 6) is 0.433. The molecule has 1 aliphatic rings. The minimum absolute atomic E-state index is 0.0369. The van der Waals surface area contributed by atoms with Crippen molar-refractivity contribution in [2.24, 2.45) is 0 Å².